The van der Waals surface area contributed by atoms with Crippen LogP contribution in [0.25, 0.3) is 0 Å². The van der Waals surface area contributed by atoms with Crippen molar-refractivity contribution < 1.29 is 4.79 Å². The van der Waals surface area contributed by atoms with Gasteiger partial charge in [-0.2, -0.15) is 0 Å². The number of amides is 1. The highest BCUT2D eigenvalue weighted by Crippen LogP contribution is 2.14. The molecule has 0 radical (unpaired) electrons. The molecule has 0 atom stereocenters. The van der Waals surface area contributed by atoms with Gasteiger partial charge in [0.1, 0.15) is 0 Å². The Balaban J connectivity index is 1.70. The number of rotatable bonds is 6. The summed E-state index contributed by atoms with van der Waals surface area (Å²) >= 11 is 1.29. The van der Waals surface area contributed by atoms with Crippen molar-refractivity contribution in [2.45, 2.75) is 26.2 Å². The van der Waals surface area contributed by atoms with E-state index in [1.54, 1.807) is 0 Å². The van der Waals surface area contributed by atoms with Gasteiger partial charge < -0.3 is 15.5 Å². The van der Waals surface area contributed by atoms with Crippen molar-refractivity contribution in [3.8, 4) is 0 Å². The average Bonchev–Trinajstić information content (AvgIpc) is 2.89. The molecule has 7 heteroatoms. The average molecular weight is 283 g/mol. The van der Waals surface area contributed by atoms with Gasteiger partial charge in [0.05, 0.1) is 0 Å². The first-order valence-electron chi connectivity index (χ1n) is 6.87. The number of piperidine rings is 1. The Morgan fingerprint density at radius 2 is 2.11 bits per heavy atom. The van der Waals surface area contributed by atoms with Gasteiger partial charge >= 0.3 is 0 Å². The molecule has 2 N–H and O–H groups in total. The minimum Gasteiger partial charge on any atom is -0.360 e. The first-order chi connectivity index (χ1) is 9.29. The van der Waals surface area contributed by atoms with E-state index in [0.717, 1.165) is 26.2 Å². The lowest BCUT2D eigenvalue weighted by atomic mass is 10.1. The van der Waals surface area contributed by atoms with Crippen LogP contribution in [0.2, 0.25) is 0 Å². The molecule has 1 amide bonds. The van der Waals surface area contributed by atoms with Gasteiger partial charge in [0.25, 0.3) is 5.91 Å². The summed E-state index contributed by atoms with van der Waals surface area (Å²) in [6, 6.07) is 0. The van der Waals surface area contributed by atoms with Crippen molar-refractivity contribution in [2.24, 2.45) is 0 Å². The van der Waals surface area contributed by atoms with Crippen LogP contribution in [0.5, 0.6) is 0 Å². The van der Waals surface area contributed by atoms with Crippen LogP contribution in [0.3, 0.4) is 0 Å². The Labute approximate surface area is 117 Å². The molecule has 1 aromatic rings. The van der Waals surface area contributed by atoms with Gasteiger partial charge in [0.15, 0.2) is 0 Å². The summed E-state index contributed by atoms with van der Waals surface area (Å²) in [6.45, 7) is 6.67. The summed E-state index contributed by atoms with van der Waals surface area (Å²) in [6.07, 6.45) is 3.88. The van der Waals surface area contributed by atoms with E-state index in [1.165, 1.54) is 30.6 Å². The molecule has 0 aliphatic carbocycles. The van der Waals surface area contributed by atoms with Crippen molar-refractivity contribution in [1.82, 2.24) is 20.4 Å². The van der Waals surface area contributed by atoms with Crippen molar-refractivity contribution in [3.05, 3.63) is 5.01 Å². The first kappa shape index (κ1) is 14.2. The van der Waals surface area contributed by atoms with Gasteiger partial charge in [-0.15, -0.1) is 10.2 Å². The third-order valence-electron chi connectivity index (χ3n) is 3.11. The van der Waals surface area contributed by atoms with E-state index in [-0.39, 0.29) is 5.91 Å². The van der Waals surface area contributed by atoms with Gasteiger partial charge in [-0.3, -0.25) is 4.79 Å². The van der Waals surface area contributed by atoms with E-state index in [1.807, 2.05) is 6.92 Å². The zero-order valence-corrected chi connectivity index (χ0v) is 12.1. The predicted octanol–water partition coefficient (Wildman–Crippen LogP) is 1.19. The van der Waals surface area contributed by atoms with Crippen LogP contribution in [0.4, 0.5) is 5.13 Å². The Morgan fingerprint density at radius 3 is 2.84 bits per heavy atom. The minimum absolute atomic E-state index is 0.126. The Kier molecular flexibility index (Phi) is 5.53. The zero-order valence-electron chi connectivity index (χ0n) is 11.3. The quantitative estimate of drug-likeness (QED) is 0.820. The molecule has 19 heavy (non-hydrogen) atoms. The van der Waals surface area contributed by atoms with Gasteiger partial charge in [0, 0.05) is 19.6 Å². The number of anilines is 1. The number of nitrogens with zero attached hydrogens (tertiary/aromatic N) is 3. The van der Waals surface area contributed by atoms with Gasteiger partial charge in [-0.1, -0.05) is 17.8 Å². The number of carbonyl (C=O) groups is 1. The molecular weight excluding hydrogens is 262 g/mol. The van der Waals surface area contributed by atoms with E-state index in [0.29, 0.717) is 16.7 Å². The lowest BCUT2D eigenvalue weighted by Crippen LogP contribution is -2.37. The largest absolute Gasteiger partial charge is 0.360 e. The second-order valence-corrected chi connectivity index (χ2v) is 5.58. The predicted molar refractivity (Wildman–Crippen MR) is 76.7 cm³/mol. The normalized spacial score (nSPS) is 16.3. The van der Waals surface area contributed by atoms with E-state index >= 15 is 0 Å². The second-order valence-electron chi connectivity index (χ2n) is 4.60. The van der Waals surface area contributed by atoms with Crippen molar-refractivity contribution in [2.75, 3.05) is 38.0 Å². The summed E-state index contributed by atoms with van der Waals surface area (Å²) in [5.74, 6) is -0.126. The van der Waals surface area contributed by atoms with Crippen LogP contribution in [0.15, 0.2) is 0 Å². The maximum Gasteiger partial charge on any atom is 0.282 e. The van der Waals surface area contributed by atoms with Crippen molar-refractivity contribution >= 4 is 22.4 Å². The number of aromatic nitrogens is 2. The summed E-state index contributed by atoms with van der Waals surface area (Å²) in [5.41, 5.74) is 0. The summed E-state index contributed by atoms with van der Waals surface area (Å²) < 4.78 is 0. The van der Waals surface area contributed by atoms with Crippen LogP contribution in [-0.2, 0) is 0 Å². The number of hydrogen-bond acceptors (Lipinski definition) is 6. The second kappa shape index (κ2) is 7.40. The van der Waals surface area contributed by atoms with Crippen molar-refractivity contribution in [3.63, 3.8) is 0 Å². The monoisotopic (exact) mass is 283 g/mol. The van der Waals surface area contributed by atoms with Crippen LogP contribution >= 0.6 is 11.3 Å². The summed E-state index contributed by atoms with van der Waals surface area (Å²) in [7, 11) is 0. The van der Waals surface area contributed by atoms with Crippen LogP contribution in [-0.4, -0.2) is 53.7 Å². The van der Waals surface area contributed by atoms with Crippen LogP contribution in [0.1, 0.15) is 36.0 Å². The molecule has 0 bridgehead atoms. The SMILES string of the molecule is CCNc1nnc(C(=O)NCCN2CCCCC2)s1. The zero-order chi connectivity index (χ0) is 13.5. The number of carbonyl (C=O) groups excluding carboxylic acids is 1. The maximum atomic E-state index is 11.9. The van der Waals surface area contributed by atoms with Gasteiger partial charge in [0.2, 0.25) is 10.1 Å². The standard InChI is InChI=1S/C12H21N5OS/c1-2-13-12-16-15-11(19-12)10(18)14-6-9-17-7-4-3-5-8-17/h2-9H2,1H3,(H,13,16)(H,14,18). The molecule has 6 nitrogen and oxygen atoms in total. The molecule has 106 valence electrons. The minimum atomic E-state index is -0.126. The van der Waals surface area contributed by atoms with Gasteiger partial charge in [-0.05, 0) is 32.9 Å². The molecule has 1 aliphatic rings. The smallest absolute Gasteiger partial charge is 0.282 e. The highest BCUT2D eigenvalue weighted by molar-refractivity contribution is 7.17. The molecule has 0 aromatic carbocycles. The third kappa shape index (κ3) is 4.43. The molecule has 0 unspecified atom stereocenters. The lowest BCUT2D eigenvalue weighted by molar-refractivity contribution is 0.0945. The molecule has 1 saturated heterocycles. The maximum absolute atomic E-state index is 11.9. The number of nitrogens with one attached hydrogen (secondary N) is 2. The molecular formula is C12H21N5OS. The van der Waals surface area contributed by atoms with E-state index < -0.39 is 0 Å². The summed E-state index contributed by atoms with van der Waals surface area (Å²) in [5, 5.41) is 14.9. The Bertz CT molecular complexity index is 403. The Morgan fingerprint density at radius 1 is 1.32 bits per heavy atom. The molecule has 1 aromatic heterocycles. The fourth-order valence-corrected chi connectivity index (χ4v) is 2.85. The molecule has 0 saturated carbocycles. The molecule has 1 fully saturated rings. The topological polar surface area (TPSA) is 70.1 Å². The fourth-order valence-electron chi connectivity index (χ4n) is 2.12. The fraction of sp³-hybridized carbons (Fsp3) is 0.750. The highest BCUT2D eigenvalue weighted by atomic mass is 32.1. The molecule has 2 heterocycles. The van der Waals surface area contributed by atoms with E-state index in [9.17, 15) is 4.79 Å². The number of hydrogen-bond donors (Lipinski definition) is 2. The van der Waals surface area contributed by atoms with Crippen LogP contribution < -0.4 is 10.6 Å². The lowest BCUT2D eigenvalue weighted by Gasteiger charge is -2.26. The number of likely N-dealkylation sites (tertiary alicyclic amines) is 1. The molecule has 1 aliphatic heterocycles. The first-order valence-corrected chi connectivity index (χ1v) is 7.69. The van der Waals surface area contributed by atoms with E-state index in [2.05, 4.69) is 25.7 Å². The molecule has 0 spiro atoms. The Hall–Kier alpha value is -1.21. The summed E-state index contributed by atoms with van der Waals surface area (Å²) in [4.78, 5) is 14.3. The highest BCUT2D eigenvalue weighted by Gasteiger charge is 2.13. The van der Waals surface area contributed by atoms with E-state index in [4.69, 9.17) is 0 Å². The van der Waals surface area contributed by atoms with Gasteiger partial charge in [-0.25, -0.2) is 0 Å². The molecule has 2 rings (SSSR count). The van der Waals surface area contributed by atoms with Crippen molar-refractivity contribution in [1.29, 1.82) is 0 Å². The third-order valence-corrected chi connectivity index (χ3v) is 3.99. The van der Waals surface area contributed by atoms with Crippen LogP contribution in [0, 0.1) is 0 Å².